The highest BCUT2D eigenvalue weighted by Gasteiger charge is 2.24. The van der Waals surface area contributed by atoms with Crippen LogP contribution in [-0.4, -0.2) is 63.8 Å². The molecule has 1 fully saturated rings. The van der Waals surface area contributed by atoms with Crippen molar-refractivity contribution in [3.8, 4) is 11.3 Å². The quantitative estimate of drug-likeness (QED) is 0.490. The Hall–Kier alpha value is -3.12. The number of hydrogen-bond donors (Lipinski definition) is 1. The number of hydrogen-bond acceptors (Lipinski definition) is 3. The standard InChI is InChI=1S/C27H33N5O/c1-5-22-23-14-20(19-10-12-31(13-11-19)26(33)17-30(3)4)6-8-24(23)29-27(22)21-7-9-25-28-18(2)15-32(25)16-21/h6-9,14-16,19,29H,5,10-13,17H2,1-4H3. The summed E-state index contributed by atoms with van der Waals surface area (Å²) in [6, 6.07) is 11.1. The number of rotatable bonds is 5. The van der Waals surface area contributed by atoms with E-state index in [4.69, 9.17) is 0 Å². The molecule has 4 aromatic rings. The third kappa shape index (κ3) is 4.15. The number of likely N-dealkylation sites (N-methyl/N-ethyl adjacent to an activating group) is 1. The van der Waals surface area contributed by atoms with E-state index in [1.807, 2.05) is 30.8 Å². The molecule has 1 amide bonds. The first-order chi connectivity index (χ1) is 15.9. The van der Waals surface area contributed by atoms with Gasteiger partial charge in [0.15, 0.2) is 0 Å². The summed E-state index contributed by atoms with van der Waals surface area (Å²) in [7, 11) is 3.90. The minimum absolute atomic E-state index is 0.238. The van der Waals surface area contributed by atoms with Gasteiger partial charge in [-0.25, -0.2) is 4.98 Å². The summed E-state index contributed by atoms with van der Waals surface area (Å²) in [6.07, 6.45) is 7.26. The topological polar surface area (TPSA) is 56.6 Å². The number of carbonyl (C=O) groups excluding carboxylic acids is 1. The second-order valence-electron chi connectivity index (χ2n) is 9.60. The summed E-state index contributed by atoms with van der Waals surface area (Å²) >= 11 is 0. The van der Waals surface area contributed by atoms with Gasteiger partial charge in [-0.1, -0.05) is 13.0 Å². The number of aryl methyl sites for hydroxylation is 2. The lowest BCUT2D eigenvalue weighted by molar-refractivity contribution is -0.132. The molecule has 4 heterocycles. The fourth-order valence-corrected chi connectivity index (χ4v) is 5.23. The van der Waals surface area contributed by atoms with E-state index >= 15 is 0 Å². The van der Waals surface area contributed by atoms with Crippen LogP contribution >= 0.6 is 0 Å². The largest absolute Gasteiger partial charge is 0.354 e. The number of likely N-dealkylation sites (tertiary alicyclic amines) is 1. The van der Waals surface area contributed by atoms with E-state index in [9.17, 15) is 4.79 Å². The third-order valence-electron chi connectivity index (χ3n) is 6.91. The van der Waals surface area contributed by atoms with Crippen LogP contribution in [-0.2, 0) is 11.2 Å². The zero-order valence-electron chi connectivity index (χ0n) is 20.1. The smallest absolute Gasteiger partial charge is 0.236 e. The normalized spacial score (nSPS) is 15.2. The first kappa shape index (κ1) is 21.7. The van der Waals surface area contributed by atoms with Gasteiger partial charge in [0.25, 0.3) is 0 Å². The predicted molar refractivity (Wildman–Crippen MR) is 134 cm³/mol. The van der Waals surface area contributed by atoms with Gasteiger partial charge in [0, 0.05) is 41.9 Å². The number of imidazole rings is 1. The van der Waals surface area contributed by atoms with E-state index in [-0.39, 0.29) is 5.91 Å². The van der Waals surface area contributed by atoms with Crippen LogP contribution in [0.3, 0.4) is 0 Å². The summed E-state index contributed by atoms with van der Waals surface area (Å²) in [5.74, 6) is 0.744. The Bertz CT molecular complexity index is 1310. The average Bonchev–Trinajstić information content (AvgIpc) is 3.36. The predicted octanol–water partition coefficient (Wildman–Crippen LogP) is 4.62. The molecule has 0 aliphatic carbocycles. The highest BCUT2D eigenvalue weighted by molar-refractivity contribution is 5.91. The highest BCUT2D eigenvalue weighted by atomic mass is 16.2. The Balaban J connectivity index is 1.42. The van der Waals surface area contributed by atoms with Crippen molar-refractivity contribution in [3.05, 3.63) is 59.5 Å². The van der Waals surface area contributed by atoms with Crippen molar-refractivity contribution in [1.29, 1.82) is 0 Å². The van der Waals surface area contributed by atoms with Crippen LogP contribution in [0.1, 0.15) is 42.5 Å². The summed E-state index contributed by atoms with van der Waals surface area (Å²) in [5, 5.41) is 1.32. The zero-order valence-corrected chi connectivity index (χ0v) is 20.1. The van der Waals surface area contributed by atoms with Crippen LogP contribution in [0.15, 0.2) is 42.7 Å². The van der Waals surface area contributed by atoms with Crippen LogP contribution < -0.4 is 0 Å². The van der Waals surface area contributed by atoms with Gasteiger partial charge < -0.3 is 19.2 Å². The van der Waals surface area contributed by atoms with Crippen LogP contribution in [0, 0.1) is 6.92 Å². The Labute approximate surface area is 195 Å². The minimum Gasteiger partial charge on any atom is -0.354 e. The van der Waals surface area contributed by atoms with Gasteiger partial charge in [0.05, 0.1) is 17.9 Å². The summed E-state index contributed by atoms with van der Waals surface area (Å²) in [5.41, 5.74) is 8.32. The Morgan fingerprint density at radius 2 is 1.94 bits per heavy atom. The van der Waals surface area contributed by atoms with Gasteiger partial charge >= 0.3 is 0 Å². The van der Waals surface area contributed by atoms with Gasteiger partial charge in [-0.15, -0.1) is 0 Å². The van der Waals surface area contributed by atoms with Crippen molar-refractivity contribution in [3.63, 3.8) is 0 Å². The number of carbonyl (C=O) groups is 1. The van der Waals surface area contributed by atoms with E-state index in [1.165, 1.54) is 33.3 Å². The van der Waals surface area contributed by atoms with E-state index < -0.39 is 0 Å². The number of nitrogens with zero attached hydrogens (tertiary/aromatic N) is 4. The molecule has 0 atom stereocenters. The molecule has 1 aliphatic rings. The van der Waals surface area contributed by atoms with E-state index in [0.29, 0.717) is 12.5 Å². The molecule has 172 valence electrons. The van der Waals surface area contributed by atoms with Gasteiger partial charge in [-0.3, -0.25) is 4.79 Å². The molecule has 1 N–H and O–H groups in total. The number of aromatic amines is 1. The fourth-order valence-electron chi connectivity index (χ4n) is 5.23. The fraction of sp³-hybridized carbons (Fsp3) is 0.407. The number of piperidine rings is 1. The molecule has 0 bridgehead atoms. The van der Waals surface area contributed by atoms with E-state index in [1.54, 1.807) is 0 Å². The molecule has 1 aromatic carbocycles. The minimum atomic E-state index is 0.238. The Kier molecular flexibility index (Phi) is 5.71. The van der Waals surface area contributed by atoms with Gasteiger partial charge in [-0.2, -0.15) is 0 Å². The summed E-state index contributed by atoms with van der Waals surface area (Å²) in [4.78, 5) is 24.6. The monoisotopic (exact) mass is 443 g/mol. The number of fused-ring (bicyclic) bond motifs is 2. The summed E-state index contributed by atoms with van der Waals surface area (Å²) in [6.45, 7) is 6.44. The van der Waals surface area contributed by atoms with Gasteiger partial charge in [-0.05, 0) is 81.6 Å². The van der Waals surface area contributed by atoms with E-state index in [2.05, 4.69) is 64.0 Å². The molecular formula is C27H33N5O. The average molecular weight is 444 g/mol. The molecule has 0 spiro atoms. The molecule has 0 saturated carbocycles. The van der Waals surface area contributed by atoms with Crippen molar-refractivity contribution >= 4 is 22.5 Å². The van der Waals surface area contributed by atoms with Crippen LogP contribution in [0.25, 0.3) is 27.8 Å². The maximum Gasteiger partial charge on any atom is 0.236 e. The van der Waals surface area contributed by atoms with Crippen molar-refractivity contribution in [1.82, 2.24) is 24.2 Å². The summed E-state index contributed by atoms with van der Waals surface area (Å²) < 4.78 is 2.10. The molecule has 3 aromatic heterocycles. The van der Waals surface area contributed by atoms with Gasteiger partial charge in [0.2, 0.25) is 5.91 Å². The van der Waals surface area contributed by atoms with Crippen molar-refractivity contribution in [2.45, 2.75) is 39.0 Å². The van der Waals surface area contributed by atoms with Crippen LogP contribution in [0.2, 0.25) is 0 Å². The second-order valence-corrected chi connectivity index (χ2v) is 9.60. The first-order valence-electron chi connectivity index (χ1n) is 12.0. The zero-order chi connectivity index (χ0) is 23.1. The van der Waals surface area contributed by atoms with Crippen LogP contribution in [0.5, 0.6) is 0 Å². The molecule has 1 aliphatic heterocycles. The number of aromatic nitrogens is 3. The SMILES string of the molecule is CCc1c(-c2ccc3nc(C)cn3c2)[nH]c2ccc(C3CCN(C(=O)CN(C)C)CC3)cc12. The molecule has 6 heteroatoms. The lowest BCUT2D eigenvalue weighted by atomic mass is 9.88. The van der Waals surface area contributed by atoms with E-state index in [0.717, 1.165) is 43.7 Å². The molecule has 0 unspecified atom stereocenters. The Morgan fingerprint density at radius 1 is 1.15 bits per heavy atom. The number of nitrogens with one attached hydrogen (secondary N) is 1. The molecule has 5 rings (SSSR count). The maximum absolute atomic E-state index is 12.4. The molecule has 0 radical (unpaired) electrons. The lowest BCUT2D eigenvalue weighted by Crippen LogP contribution is -2.42. The Morgan fingerprint density at radius 3 is 2.67 bits per heavy atom. The van der Waals surface area contributed by atoms with Crippen LogP contribution in [0.4, 0.5) is 0 Å². The van der Waals surface area contributed by atoms with Crippen molar-refractivity contribution in [2.24, 2.45) is 0 Å². The first-order valence-corrected chi connectivity index (χ1v) is 12.0. The molecule has 1 saturated heterocycles. The maximum atomic E-state index is 12.4. The highest BCUT2D eigenvalue weighted by Crippen LogP contribution is 2.35. The van der Waals surface area contributed by atoms with Gasteiger partial charge in [0.1, 0.15) is 5.65 Å². The van der Waals surface area contributed by atoms with Crippen molar-refractivity contribution in [2.75, 3.05) is 33.7 Å². The molecule has 6 nitrogen and oxygen atoms in total. The number of pyridine rings is 1. The number of H-pyrrole nitrogens is 1. The lowest BCUT2D eigenvalue weighted by Gasteiger charge is -2.33. The second kappa shape index (κ2) is 8.67. The number of amides is 1. The van der Waals surface area contributed by atoms with Crippen molar-refractivity contribution < 1.29 is 4.79 Å². The molecule has 33 heavy (non-hydrogen) atoms. The number of benzene rings is 1. The third-order valence-corrected chi connectivity index (χ3v) is 6.91. The molecular weight excluding hydrogens is 410 g/mol.